The van der Waals surface area contributed by atoms with Gasteiger partial charge in [-0.25, -0.2) is 13.5 Å². The molecule has 0 spiro atoms. The van der Waals surface area contributed by atoms with Crippen LogP contribution in [0.25, 0.3) is 22.7 Å². The van der Waals surface area contributed by atoms with Crippen LogP contribution in [0.1, 0.15) is 23.6 Å². The molecule has 170 valence electrons. The van der Waals surface area contributed by atoms with Crippen LogP contribution in [0.3, 0.4) is 0 Å². The molecule has 4 aromatic rings. The van der Waals surface area contributed by atoms with E-state index in [1.807, 2.05) is 24.3 Å². The largest absolute Gasteiger partial charge is 0.415 e. The van der Waals surface area contributed by atoms with Gasteiger partial charge < -0.3 is 4.42 Å². The Morgan fingerprint density at radius 3 is 2.55 bits per heavy atom. The number of hydrogen-bond acceptors (Lipinski definition) is 7. The predicted octanol–water partition coefficient (Wildman–Crippen LogP) is 3.83. The zero-order chi connectivity index (χ0) is 23.0. The van der Waals surface area contributed by atoms with Crippen molar-refractivity contribution in [2.24, 2.45) is 0 Å². The summed E-state index contributed by atoms with van der Waals surface area (Å²) in [6, 6.07) is 10.9. The highest BCUT2D eigenvalue weighted by Crippen LogP contribution is 2.29. The van der Waals surface area contributed by atoms with Crippen LogP contribution in [0.15, 0.2) is 53.2 Å². The van der Waals surface area contributed by atoms with E-state index in [1.165, 1.54) is 6.20 Å². The zero-order valence-electron chi connectivity index (χ0n) is 17.1. The predicted molar refractivity (Wildman–Crippen MR) is 107 cm³/mol. The Hall–Kier alpha value is -3.67. The van der Waals surface area contributed by atoms with Crippen LogP contribution in [0.2, 0.25) is 0 Å². The van der Waals surface area contributed by atoms with Crippen molar-refractivity contribution in [1.29, 1.82) is 0 Å². The summed E-state index contributed by atoms with van der Waals surface area (Å²) in [5.41, 5.74) is 3.49. The number of likely N-dealkylation sites (tertiary alicyclic amines) is 1. The van der Waals surface area contributed by atoms with Gasteiger partial charge in [0, 0.05) is 18.3 Å². The van der Waals surface area contributed by atoms with Crippen molar-refractivity contribution in [2.45, 2.75) is 25.4 Å². The van der Waals surface area contributed by atoms with Crippen molar-refractivity contribution in [3.05, 3.63) is 65.9 Å². The van der Waals surface area contributed by atoms with Crippen LogP contribution >= 0.6 is 0 Å². The molecule has 4 heterocycles. The van der Waals surface area contributed by atoms with E-state index < -0.39 is 18.2 Å². The number of nitrogens with zero attached hydrogens (tertiary/aromatic N) is 7. The molecule has 0 N–H and O–H groups in total. The molecule has 0 atom stereocenters. The van der Waals surface area contributed by atoms with Crippen LogP contribution < -0.4 is 0 Å². The Bertz CT molecular complexity index is 1250. The molecule has 0 radical (unpaired) electrons. The maximum atomic E-state index is 13.0. The molecular weight excluding hydrogens is 442 g/mol. The summed E-state index contributed by atoms with van der Waals surface area (Å²) < 4.78 is 57.8. The third-order valence-electron chi connectivity index (χ3n) is 5.10. The molecular formula is C21H17F4N7O. The number of pyridine rings is 1. The quantitative estimate of drug-likeness (QED) is 0.388. The van der Waals surface area contributed by atoms with Gasteiger partial charge in [0.2, 0.25) is 5.89 Å². The molecule has 8 nitrogen and oxygen atoms in total. The fourth-order valence-electron chi connectivity index (χ4n) is 3.56. The van der Waals surface area contributed by atoms with Crippen LogP contribution in [-0.4, -0.2) is 54.1 Å². The topological polar surface area (TPSA) is 85.8 Å². The molecule has 0 unspecified atom stereocenters. The molecule has 0 bridgehead atoms. The third kappa shape index (κ3) is 4.75. The Morgan fingerprint density at radius 2 is 1.85 bits per heavy atom. The third-order valence-corrected chi connectivity index (χ3v) is 5.10. The van der Waals surface area contributed by atoms with Gasteiger partial charge >= 0.3 is 6.43 Å². The van der Waals surface area contributed by atoms with E-state index in [0.717, 1.165) is 11.1 Å². The first kappa shape index (κ1) is 21.2. The van der Waals surface area contributed by atoms with Gasteiger partial charge in [-0.05, 0) is 23.8 Å². The van der Waals surface area contributed by atoms with Crippen LogP contribution in [-0.2, 0) is 13.1 Å². The molecule has 0 amide bonds. The summed E-state index contributed by atoms with van der Waals surface area (Å²) in [4.78, 5) is 5.98. The molecule has 0 saturated carbocycles. The number of rotatable bonds is 7. The Labute approximate surface area is 184 Å². The number of halogens is 4. The monoisotopic (exact) mass is 459 g/mol. The summed E-state index contributed by atoms with van der Waals surface area (Å²) in [5.74, 6) is -3.36. The fraction of sp³-hybridized carbons (Fsp3) is 0.286. The minimum absolute atomic E-state index is 0.0331. The molecule has 1 aliphatic heterocycles. The van der Waals surface area contributed by atoms with Gasteiger partial charge in [0.25, 0.3) is 11.8 Å². The van der Waals surface area contributed by atoms with Gasteiger partial charge in [-0.1, -0.05) is 23.4 Å². The molecule has 1 fully saturated rings. The van der Waals surface area contributed by atoms with Gasteiger partial charge in [-0.3, -0.25) is 9.88 Å². The SMILES string of the molecule is FC(F)c1nnc(-c2ccc(Cn3cc(-c4cccc(CN5CC(F)(F)C5)c4)nn3)nc2)o1. The summed E-state index contributed by atoms with van der Waals surface area (Å²) in [6.07, 6.45) is 0.388. The lowest BCUT2D eigenvalue weighted by atomic mass is 10.1. The minimum atomic E-state index is -2.83. The summed E-state index contributed by atoms with van der Waals surface area (Å²) >= 11 is 0. The first-order valence-corrected chi connectivity index (χ1v) is 10.0. The second kappa shape index (κ2) is 8.35. The van der Waals surface area contributed by atoms with E-state index in [-0.39, 0.29) is 19.0 Å². The highest BCUT2D eigenvalue weighted by Gasteiger charge is 2.43. The molecule has 3 aromatic heterocycles. The van der Waals surface area contributed by atoms with Crippen LogP contribution in [0, 0.1) is 0 Å². The second-order valence-electron chi connectivity index (χ2n) is 7.79. The van der Waals surface area contributed by atoms with Gasteiger partial charge in [0.05, 0.1) is 37.1 Å². The van der Waals surface area contributed by atoms with E-state index in [0.29, 0.717) is 30.0 Å². The van der Waals surface area contributed by atoms with Gasteiger partial charge in [0.15, 0.2) is 0 Å². The van der Waals surface area contributed by atoms with Crippen molar-refractivity contribution < 1.29 is 22.0 Å². The molecule has 33 heavy (non-hydrogen) atoms. The first-order chi connectivity index (χ1) is 15.8. The summed E-state index contributed by atoms with van der Waals surface area (Å²) in [5, 5.41) is 15.2. The number of hydrogen-bond donors (Lipinski definition) is 0. The summed E-state index contributed by atoms with van der Waals surface area (Å²) in [7, 11) is 0. The molecule has 5 rings (SSSR count). The molecule has 1 aromatic carbocycles. The van der Waals surface area contributed by atoms with Crippen molar-refractivity contribution in [3.63, 3.8) is 0 Å². The Kier molecular flexibility index (Phi) is 5.36. The van der Waals surface area contributed by atoms with Gasteiger partial charge in [-0.15, -0.1) is 15.3 Å². The van der Waals surface area contributed by atoms with Crippen molar-refractivity contribution in [2.75, 3.05) is 13.1 Å². The van der Waals surface area contributed by atoms with Crippen molar-refractivity contribution >= 4 is 0 Å². The van der Waals surface area contributed by atoms with E-state index in [4.69, 9.17) is 4.42 Å². The molecule has 0 aliphatic carbocycles. The zero-order valence-corrected chi connectivity index (χ0v) is 17.1. The highest BCUT2D eigenvalue weighted by molar-refractivity contribution is 5.58. The van der Waals surface area contributed by atoms with E-state index >= 15 is 0 Å². The molecule has 1 aliphatic rings. The lowest BCUT2D eigenvalue weighted by Gasteiger charge is -2.38. The smallest absolute Gasteiger partial charge is 0.314 e. The standard InChI is InChI=1S/C21H17F4N7O/c22-18(23)20-29-28-19(33-20)15-4-5-16(26-7-15)9-32-10-17(27-30-32)14-3-1-2-13(6-14)8-31-11-21(24,25)12-31/h1-7,10,18H,8-9,11-12H2. The normalized spacial score (nSPS) is 15.7. The van der Waals surface area contributed by atoms with Gasteiger partial charge in [-0.2, -0.15) is 8.78 Å². The minimum Gasteiger partial charge on any atom is -0.415 e. The Morgan fingerprint density at radius 1 is 1.00 bits per heavy atom. The van der Waals surface area contributed by atoms with Crippen molar-refractivity contribution in [1.82, 2.24) is 35.1 Å². The molecule has 1 saturated heterocycles. The molecule has 12 heteroatoms. The lowest BCUT2D eigenvalue weighted by molar-refractivity contribution is -0.133. The maximum Gasteiger partial charge on any atom is 0.314 e. The second-order valence-corrected chi connectivity index (χ2v) is 7.79. The fourth-order valence-corrected chi connectivity index (χ4v) is 3.56. The maximum absolute atomic E-state index is 13.0. The lowest BCUT2D eigenvalue weighted by Crippen LogP contribution is -2.55. The Balaban J connectivity index is 1.24. The van der Waals surface area contributed by atoms with Crippen LogP contribution in [0.5, 0.6) is 0 Å². The number of benzene rings is 1. The highest BCUT2D eigenvalue weighted by atomic mass is 19.3. The summed E-state index contributed by atoms with van der Waals surface area (Å²) in [6.45, 7) is 0.340. The average Bonchev–Trinajstić information content (AvgIpc) is 3.43. The van der Waals surface area contributed by atoms with E-state index in [2.05, 4.69) is 25.5 Å². The average molecular weight is 459 g/mol. The van der Waals surface area contributed by atoms with E-state index in [9.17, 15) is 17.6 Å². The van der Waals surface area contributed by atoms with Crippen molar-refractivity contribution in [3.8, 4) is 22.7 Å². The number of alkyl halides is 4. The number of aromatic nitrogens is 6. The first-order valence-electron chi connectivity index (χ1n) is 10.0. The van der Waals surface area contributed by atoms with Crippen LogP contribution in [0.4, 0.5) is 17.6 Å². The van der Waals surface area contributed by atoms with E-state index in [1.54, 1.807) is 27.9 Å². The van der Waals surface area contributed by atoms with Gasteiger partial charge in [0.1, 0.15) is 5.69 Å².